The van der Waals surface area contributed by atoms with Gasteiger partial charge in [0.25, 0.3) is 5.91 Å². The predicted octanol–water partition coefficient (Wildman–Crippen LogP) is 4.21. The molecule has 0 aliphatic carbocycles. The average molecular weight is 413 g/mol. The number of rotatable bonds is 7. The van der Waals surface area contributed by atoms with E-state index in [9.17, 15) is 4.79 Å². The van der Waals surface area contributed by atoms with Crippen molar-refractivity contribution in [2.24, 2.45) is 5.73 Å². The molecule has 5 nitrogen and oxygen atoms in total. The van der Waals surface area contributed by atoms with Gasteiger partial charge in [0.05, 0.1) is 18.3 Å². The molecule has 0 aliphatic heterocycles. The van der Waals surface area contributed by atoms with Gasteiger partial charge < -0.3 is 11.1 Å². The third kappa shape index (κ3) is 5.68. The van der Waals surface area contributed by atoms with Gasteiger partial charge in [-0.05, 0) is 29.5 Å². The van der Waals surface area contributed by atoms with Crippen LogP contribution in [0.1, 0.15) is 58.5 Å². The van der Waals surface area contributed by atoms with E-state index in [0.29, 0.717) is 24.6 Å². The van der Waals surface area contributed by atoms with Crippen molar-refractivity contribution < 1.29 is 4.79 Å². The molecule has 154 valence electrons. The Morgan fingerprint density at radius 1 is 1.07 bits per heavy atom. The number of nitrogens with two attached hydrogens (primary N) is 1. The molecule has 6 heteroatoms. The second-order valence-electron chi connectivity index (χ2n) is 7.42. The molecule has 0 radical (unpaired) electrons. The lowest BCUT2D eigenvalue weighted by Gasteiger charge is -2.14. The smallest absolute Gasteiger partial charge is 0.254 e. The van der Waals surface area contributed by atoms with Crippen molar-refractivity contribution in [2.45, 2.75) is 39.3 Å². The molecule has 2 aromatic carbocycles. The first-order valence-corrected chi connectivity index (χ1v) is 9.65. The van der Waals surface area contributed by atoms with E-state index in [1.165, 1.54) is 5.56 Å². The van der Waals surface area contributed by atoms with Crippen molar-refractivity contribution in [1.29, 1.82) is 0 Å². The van der Waals surface area contributed by atoms with Gasteiger partial charge in [-0.1, -0.05) is 68.4 Å². The van der Waals surface area contributed by atoms with E-state index in [0.717, 1.165) is 16.8 Å². The molecule has 0 aliphatic rings. The molecule has 29 heavy (non-hydrogen) atoms. The van der Waals surface area contributed by atoms with Crippen LogP contribution in [-0.4, -0.2) is 22.2 Å². The van der Waals surface area contributed by atoms with Gasteiger partial charge in [0.1, 0.15) is 0 Å². The standard InChI is InChI=1S/C23H28N4O.ClH/c1-16(2)19-9-11-20(12-10-19)22(24)14-25-23(28)21-13-26-27(17(21)3)15-18-7-5-4-6-8-18;/h4-13,16,22H,14-15,24H2,1-3H3,(H,25,28);1H. The molecule has 0 saturated carbocycles. The Morgan fingerprint density at radius 3 is 2.31 bits per heavy atom. The lowest BCUT2D eigenvalue weighted by Crippen LogP contribution is -2.32. The normalized spacial score (nSPS) is 11.8. The number of nitrogens with one attached hydrogen (secondary N) is 1. The number of hydrogen-bond acceptors (Lipinski definition) is 3. The van der Waals surface area contributed by atoms with Gasteiger partial charge in [-0.3, -0.25) is 9.48 Å². The number of nitrogens with zero attached hydrogens (tertiary/aromatic N) is 2. The Balaban J connectivity index is 0.00000300. The topological polar surface area (TPSA) is 72.9 Å². The van der Waals surface area contributed by atoms with Crippen molar-refractivity contribution in [3.8, 4) is 0 Å². The largest absolute Gasteiger partial charge is 0.350 e. The van der Waals surface area contributed by atoms with E-state index in [1.807, 2.05) is 54.1 Å². The van der Waals surface area contributed by atoms with Crippen molar-refractivity contribution >= 4 is 18.3 Å². The Bertz CT molecular complexity index is 920. The highest BCUT2D eigenvalue weighted by Crippen LogP contribution is 2.17. The van der Waals surface area contributed by atoms with Crippen LogP contribution in [-0.2, 0) is 6.54 Å². The maximum absolute atomic E-state index is 12.6. The predicted molar refractivity (Wildman–Crippen MR) is 120 cm³/mol. The second-order valence-corrected chi connectivity index (χ2v) is 7.42. The van der Waals surface area contributed by atoms with Crippen molar-refractivity contribution in [1.82, 2.24) is 15.1 Å². The number of carbonyl (C=O) groups excluding carboxylic acids is 1. The zero-order valence-electron chi connectivity index (χ0n) is 17.1. The third-order valence-corrected chi connectivity index (χ3v) is 5.04. The highest BCUT2D eigenvalue weighted by molar-refractivity contribution is 5.95. The first-order valence-electron chi connectivity index (χ1n) is 9.65. The van der Waals surface area contributed by atoms with Crippen molar-refractivity contribution in [2.75, 3.05) is 6.54 Å². The first kappa shape index (κ1) is 22.7. The van der Waals surface area contributed by atoms with Gasteiger partial charge in [0, 0.05) is 18.3 Å². The maximum Gasteiger partial charge on any atom is 0.254 e. The van der Waals surface area contributed by atoms with E-state index >= 15 is 0 Å². The summed E-state index contributed by atoms with van der Waals surface area (Å²) in [5.41, 5.74) is 11.1. The molecule has 1 heterocycles. The molecule has 1 aromatic heterocycles. The quantitative estimate of drug-likeness (QED) is 0.610. The minimum Gasteiger partial charge on any atom is -0.350 e. The van der Waals surface area contributed by atoms with Crippen LogP contribution in [0.2, 0.25) is 0 Å². The summed E-state index contributed by atoms with van der Waals surface area (Å²) >= 11 is 0. The van der Waals surface area contributed by atoms with Crippen molar-refractivity contribution in [3.63, 3.8) is 0 Å². The molecule has 3 N–H and O–H groups in total. The SMILES string of the molecule is Cc1c(C(=O)NCC(N)c2ccc(C(C)C)cc2)cnn1Cc1ccccc1.Cl. The molecule has 1 unspecified atom stereocenters. The van der Waals surface area contributed by atoms with Crippen LogP contribution in [0.15, 0.2) is 60.8 Å². The van der Waals surface area contributed by atoms with E-state index < -0.39 is 0 Å². The van der Waals surface area contributed by atoms with Crippen LogP contribution in [0.3, 0.4) is 0 Å². The molecule has 0 spiro atoms. The molecule has 3 aromatic rings. The Kier molecular flexibility index (Phi) is 8.00. The molecule has 3 rings (SSSR count). The zero-order valence-corrected chi connectivity index (χ0v) is 17.9. The minimum absolute atomic E-state index is 0. The molecular weight excluding hydrogens is 384 g/mol. The van der Waals surface area contributed by atoms with Gasteiger partial charge in [-0.25, -0.2) is 0 Å². The summed E-state index contributed by atoms with van der Waals surface area (Å²) in [6.07, 6.45) is 1.62. The molecule has 1 amide bonds. The average Bonchev–Trinajstić information content (AvgIpc) is 3.07. The summed E-state index contributed by atoms with van der Waals surface area (Å²) in [6.45, 7) is 7.26. The summed E-state index contributed by atoms with van der Waals surface area (Å²) in [6, 6.07) is 18.1. The molecule has 0 fully saturated rings. The Labute approximate surface area is 178 Å². The fraction of sp³-hybridized carbons (Fsp3) is 0.304. The molecule has 0 saturated heterocycles. The van der Waals surface area contributed by atoms with Crippen LogP contribution in [0.25, 0.3) is 0 Å². The maximum atomic E-state index is 12.6. The lowest BCUT2D eigenvalue weighted by molar-refractivity contribution is 0.0950. The summed E-state index contributed by atoms with van der Waals surface area (Å²) in [5.74, 6) is 0.339. The lowest BCUT2D eigenvalue weighted by atomic mass is 9.99. The highest BCUT2D eigenvalue weighted by atomic mass is 35.5. The van der Waals surface area contributed by atoms with Gasteiger partial charge in [0.15, 0.2) is 0 Å². The minimum atomic E-state index is -0.246. The monoisotopic (exact) mass is 412 g/mol. The second kappa shape index (κ2) is 10.2. The van der Waals surface area contributed by atoms with Crippen LogP contribution in [0.5, 0.6) is 0 Å². The Morgan fingerprint density at radius 2 is 1.69 bits per heavy atom. The highest BCUT2D eigenvalue weighted by Gasteiger charge is 2.16. The van der Waals surface area contributed by atoms with Crippen molar-refractivity contribution in [3.05, 3.63) is 88.7 Å². The molecule has 0 bridgehead atoms. The number of carbonyl (C=O) groups is 1. The summed E-state index contributed by atoms with van der Waals surface area (Å²) in [7, 11) is 0. The van der Waals surface area contributed by atoms with Crippen LogP contribution in [0, 0.1) is 6.92 Å². The first-order chi connectivity index (χ1) is 13.5. The van der Waals surface area contributed by atoms with Crippen LogP contribution in [0.4, 0.5) is 0 Å². The fourth-order valence-corrected chi connectivity index (χ4v) is 3.13. The van der Waals surface area contributed by atoms with Gasteiger partial charge in [-0.15, -0.1) is 12.4 Å². The number of hydrogen-bond donors (Lipinski definition) is 2. The number of benzene rings is 2. The number of aromatic nitrogens is 2. The van der Waals surface area contributed by atoms with Gasteiger partial charge in [0.2, 0.25) is 0 Å². The summed E-state index contributed by atoms with van der Waals surface area (Å²) in [4.78, 5) is 12.6. The molecule has 1 atom stereocenters. The third-order valence-electron chi connectivity index (χ3n) is 5.04. The summed E-state index contributed by atoms with van der Waals surface area (Å²) in [5, 5.41) is 7.30. The number of halogens is 1. The van der Waals surface area contributed by atoms with E-state index in [2.05, 4.69) is 36.4 Å². The van der Waals surface area contributed by atoms with Gasteiger partial charge >= 0.3 is 0 Å². The van der Waals surface area contributed by atoms with Crippen LogP contribution < -0.4 is 11.1 Å². The number of amides is 1. The fourth-order valence-electron chi connectivity index (χ4n) is 3.13. The van der Waals surface area contributed by atoms with Gasteiger partial charge in [-0.2, -0.15) is 5.10 Å². The molecular formula is C23H29ClN4O. The van der Waals surface area contributed by atoms with Crippen LogP contribution >= 0.6 is 12.4 Å². The van der Waals surface area contributed by atoms with E-state index in [4.69, 9.17) is 5.73 Å². The van der Waals surface area contributed by atoms with E-state index in [1.54, 1.807) is 6.20 Å². The van der Waals surface area contributed by atoms with E-state index in [-0.39, 0.29) is 24.4 Å². The Hall–Kier alpha value is -2.63. The summed E-state index contributed by atoms with van der Waals surface area (Å²) < 4.78 is 1.84. The zero-order chi connectivity index (χ0) is 20.1.